The standard InChI is InChI=1S/C19H18N4O2/c20-23(12-11-14-7-3-1-4-8-14)17-13-16(19(24)25)21-18(22-17)15-9-5-2-6-10-15/h1-10,13H,11-12,20H2,(H,24,25). The number of nitrogens with two attached hydrogens (primary N) is 1. The van der Waals surface area contributed by atoms with Gasteiger partial charge in [-0.3, -0.25) is 5.01 Å². The number of carboxylic acid groups (broad SMARTS) is 1. The molecular formula is C19H18N4O2. The number of aromatic carboxylic acids is 1. The number of anilines is 1. The molecule has 0 aliphatic carbocycles. The monoisotopic (exact) mass is 334 g/mol. The second kappa shape index (κ2) is 7.55. The second-order valence-corrected chi connectivity index (χ2v) is 5.54. The van der Waals surface area contributed by atoms with Crippen LogP contribution in [0.3, 0.4) is 0 Å². The van der Waals surface area contributed by atoms with Crippen LogP contribution in [0.15, 0.2) is 66.7 Å². The van der Waals surface area contributed by atoms with Crippen LogP contribution in [0.5, 0.6) is 0 Å². The fourth-order valence-corrected chi connectivity index (χ4v) is 2.42. The summed E-state index contributed by atoms with van der Waals surface area (Å²) < 4.78 is 0. The van der Waals surface area contributed by atoms with Gasteiger partial charge in [0.1, 0.15) is 5.82 Å². The predicted octanol–water partition coefficient (Wildman–Crippen LogP) is 2.76. The van der Waals surface area contributed by atoms with Gasteiger partial charge in [-0.25, -0.2) is 20.6 Å². The molecule has 1 aromatic heterocycles. The molecule has 0 saturated heterocycles. The lowest BCUT2D eigenvalue weighted by molar-refractivity contribution is 0.0690. The summed E-state index contributed by atoms with van der Waals surface area (Å²) in [5.74, 6) is 5.71. The van der Waals surface area contributed by atoms with E-state index in [0.29, 0.717) is 18.2 Å². The highest BCUT2D eigenvalue weighted by Crippen LogP contribution is 2.19. The van der Waals surface area contributed by atoms with Crippen molar-refractivity contribution < 1.29 is 9.90 Å². The maximum Gasteiger partial charge on any atom is 0.354 e. The number of hydrazine groups is 1. The average molecular weight is 334 g/mol. The zero-order valence-corrected chi connectivity index (χ0v) is 13.5. The Morgan fingerprint density at radius 1 is 1.00 bits per heavy atom. The van der Waals surface area contributed by atoms with E-state index < -0.39 is 5.97 Å². The molecule has 3 N–H and O–H groups in total. The first-order chi connectivity index (χ1) is 12.1. The Labute approximate surface area is 145 Å². The Bertz CT molecular complexity index is 854. The summed E-state index contributed by atoms with van der Waals surface area (Å²) in [7, 11) is 0. The van der Waals surface area contributed by atoms with Crippen molar-refractivity contribution in [3.05, 3.63) is 78.0 Å². The van der Waals surface area contributed by atoms with Crippen molar-refractivity contribution in [3.8, 4) is 11.4 Å². The predicted molar refractivity (Wildman–Crippen MR) is 96.1 cm³/mol. The van der Waals surface area contributed by atoms with Crippen LogP contribution >= 0.6 is 0 Å². The summed E-state index contributed by atoms with van der Waals surface area (Å²) in [6.07, 6.45) is 0.727. The van der Waals surface area contributed by atoms with Crippen LogP contribution in [0.25, 0.3) is 11.4 Å². The lowest BCUT2D eigenvalue weighted by Gasteiger charge is -2.18. The van der Waals surface area contributed by atoms with Crippen LogP contribution in [0.4, 0.5) is 5.82 Å². The van der Waals surface area contributed by atoms with Gasteiger partial charge < -0.3 is 5.11 Å². The Morgan fingerprint density at radius 3 is 2.28 bits per heavy atom. The number of carboxylic acids is 1. The van der Waals surface area contributed by atoms with Crippen molar-refractivity contribution in [1.82, 2.24) is 9.97 Å². The molecule has 2 aromatic carbocycles. The van der Waals surface area contributed by atoms with E-state index in [2.05, 4.69) is 9.97 Å². The highest BCUT2D eigenvalue weighted by Gasteiger charge is 2.14. The first-order valence-electron chi connectivity index (χ1n) is 7.87. The van der Waals surface area contributed by atoms with E-state index in [1.807, 2.05) is 60.7 Å². The molecule has 0 saturated carbocycles. The molecule has 3 rings (SSSR count). The normalized spacial score (nSPS) is 10.4. The summed E-state index contributed by atoms with van der Waals surface area (Å²) in [5.41, 5.74) is 1.80. The van der Waals surface area contributed by atoms with E-state index in [1.54, 1.807) is 0 Å². The number of hydrogen-bond donors (Lipinski definition) is 2. The Morgan fingerprint density at radius 2 is 1.64 bits per heavy atom. The Hall–Kier alpha value is -3.25. The lowest BCUT2D eigenvalue weighted by Crippen LogP contribution is -2.34. The summed E-state index contributed by atoms with van der Waals surface area (Å²) in [4.78, 5) is 19.9. The minimum atomic E-state index is -1.11. The van der Waals surface area contributed by atoms with Gasteiger partial charge in [0.25, 0.3) is 0 Å². The molecule has 126 valence electrons. The molecule has 0 aliphatic heterocycles. The van der Waals surface area contributed by atoms with Crippen molar-refractivity contribution in [3.63, 3.8) is 0 Å². The van der Waals surface area contributed by atoms with Crippen LogP contribution < -0.4 is 10.9 Å². The molecule has 0 spiro atoms. The molecule has 25 heavy (non-hydrogen) atoms. The zero-order valence-electron chi connectivity index (χ0n) is 13.5. The van der Waals surface area contributed by atoms with E-state index in [9.17, 15) is 9.90 Å². The van der Waals surface area contributed by atoms with Crippen LogP contribution in [0, 0.1) is 0 Å². The third-order valence-corrected chi connectivity index (χ3v) is 3.74. The first kappa shape index (κ1) is 16.6. The SMILES string of the molecule is NN(CCc1ccccc1)c1cc(C(=O)O)nc(-c2ccccc2)n1. The van der Waals surface area contributed by atoms with Crippen molar-refractivity contribution in [1.29, 1.82) is 0 Å². The van der Waals surface area contributed by atoms with Crippen molar-refractivity contribution >= 4 is 11.8 Å². The number of aromatic nitrogens is 2. The second-order valence-electron chi connectivity index (χ2n) is 5.54. The molecule has 0 fully saturated rings. The largest absolute Gasteiger partial charge is 0.477 e. The fourth-order valence-electron chi connectivity index (χ4n) is 2.42. The summed E-state index contributed by atoms with van der Waals surface area (Å²) in [5, 5.41) is 10.8. The van der Waals surface area contributed by atoms with Crippen LogP contribution in [0.1, 0.15) is 16.1 Å². The highest BCUT2D eigenvalue weighted by molar-refractivity contribution is 5.87. The number of hydrogen-bond acceptors (Lipinski definition) is 5. The van der Waals surface area contributed by atoms with E-state index in [0.717, 1.165) is 17.5 Å². The topological polar surface area (TPSA) is 92.3 Å². The molecule has 6 nitrogen and oxygen atoms in total. The lowest BCUT2D eigenvalue weighted by atomic mass is 10.1. The fraction of sp³-hybridized carbons (Fsp3) is 0.105. The average Bonchev–Trinajstić information content (AvgIpc) is 2.67. The molecule has 6 heteroatoms. The molecule has 1 heterocycles. The summed E-state index contributed by atoms with van der Waals surface area (Å²) in [6, 6.07) is 20.6. The van der Waals surface area contributed by atoms with E-state index in [1.165, 1.54) is 11.1 Å². The molecule has 0 amide bonds. The van der Waals surface area contributed by atoms with Gasteiger partial charge in [-0.05, 0) is 12.0 Å². The minimum absolute atomic E-state index is 0.0842. The van der Waals surface area contributed by atoms with Gasteiger partial charge >= 0.3 is 5.97 Å². The van der Waals surface area contributed by atoms with Gasteiger partial charge in [-0.15, -0.1) is 0 Å². The van der Waals surface area contributed by atoms with Crippen LogP contribution in [-0.4, -0.2) is 27.6 Å². The van der Waals surface area contributed by atoms with Gasteiger partial charge in [0.05, 0.1) is 0 Å². The van der Waals surface area contributed by atoms with E-state index in [-0.39, 0.29) is 5.69 Å². The van der Waals surface area contributed by atoms with Gasteiger partial charge in [0, 0.05) is 18.2 Å². The maximum absolute atomic E-state index is 11.4. The number of carbonyl (C=O) groups is 1. The van der Waals surface area contributed by atoms with Gasteiger partial charge in [-0.2, -0.15) is 0 Å². The minimum Gasteiger partial charge on any atom is -0.477 e. The maximum atomic E-state index is 11.4. The molecule has 0 aliphatic rings. The molecular weight excluding hydrogens is 316 g/mol. The molecule has 0 atom stereocenters. The molecule has 3 aromatic rings. The van der Waals surface area contributed by atoms with Crippen LogP contribution in [-0.2, 0) is 6.42 Å². The quantitative estimate of drug-likeness (QED) is 0.532. The first-order valence-corrected chi connectivity index (χ1v) is 7.87. The number of nitrogens with zero attached hydrogens (tertiary/aromatic N) is 3. The van der Waals surface area contributed by atoms with Gasteiger partial charge in [0.2, 0.25) is 0 Å². The zero-order chi connectivity index (χ0) is 17.6. The molecule has 0 unspecified atom stereocenters. The van der Waals surface area contributed by atoms with Crippen molar-refractivity contribution in [2.45, 2.75) is 6.42 Å². The van der Waals surface area contributed by atoms with Crippen molar-refractivity contribution in [2.24, 2.45) is 5.84 Å². The molecule has 0 radical (unpaired) electrons. The highest BCUT2D eigenvalue weighted by atomic mass is 16.4. The Kier molecular flexibility index (Phi) is 5.01. The smallest absolute Gasteiger partial charge is 0.354 e. The van der Waals surface area contributed by atoms with Gasteiger partial charge in [-0.1, -0.05) is 60.7 Å². The third kappa shape index (κ3) is 4.19. The number of benzene rings is 2. The Balaban J connectivity index is 1.86. The van der Waals surface area contributed by atoms with Crippen molar-refractivity contribution in [2.75, 3.05) is 11.6 Å². The summed E-state index contributed by atoms with van der Waals surface area (Å²) in [6.45, 7) is 0.508. The van der Waals surface area contributed by atoms with E-state index >= 15 is 0 Å². The molecule has 0 bridgehead atoms. The van der Waals surface area contributed by atoms with E-state index in [4.69, 9.17) is 5.84 Å². The van der Waals surface area contributed by atoms with Crippen LogP contribution in [0.2, 0.25) is 0 Å². The number of rotatable bonds is 6. The van der Waals surface area contributed by atoms with Gasteiger partial charge in [0.15, 0.2) is 11.5 Å². The summed E-state index contributed by atoms with van der Waals surface area (Å²) >= 11 is 0. The third-order valence-electron chi connectivity index (χ3n) is 3.74.